The number of halogens is 5. The molecule has 1 aromatic rings. The number of rotatable bonds is 4. The first-order chi connectivity index (χ1) is 9.44. The Morgan fingerprint density at radius 1 is 1.19 bits per heavy atom. The minimum atomic E-state index is -3.18. The van der Waals surface area contributed by atoms with Gasteiger partial charge in [-0.25, -0.2) is 8.78 Å². The van der Waals surface area contributed by atoms with E-state index in [1.165, 1.54) is 0 Å². The van der Waals surface area contributed by atoms with Gasteiger partial charge in [0.15, 0.2) is 0 Å². The lowest BCUT2D eigenvalue weighted by atomic mass is 9.98. The fourth-order valence-electron chi connectivity index (χ4n) is 2.48. The zero-order chi connectivity index (χ0) is 14.8. The molecule has 0 bridgehead atoms. The van der Waals surface area contributed by atoms with E-state index in [1.54, 1.807) is 23.1 Å². The Hall–Kier alpha value is 0.210. The Morgan fingerprint density at radius 2 is 1.71 bits per heavy atom. The summed E-state index contributed by atoms with van der Waals surface area (Å²) in [6.07, 6.45) is 0. The molecule has 2 N–H and O–H groups in total. The number of alkyl halides is 2. The van der Waals surface area contributed by atoms with Crippen LogP contribution in [0.4, 0.5) is 8.78 Å². The molecule has 0 radical (unpaired) electrons. The summed E-state index contributed by atoms with van der Waals surface area (Å²) in [7, 11) is 0. The van der Waals surface area contributed by atoms with E-state index in [1.807, 2.05) is 0 Å². The van der Waals surface area contributed by atoms with Crippen molar-refractivity contribution in [3.8, 4) is 0 Å². The maximum atomic E-state index is 14.2. The minimum absolute atomic E-state index is 0. The van der Waals surface area contributed by atoms with Gasteiger partial charge in [0.25, 0.3) is 5.92 Å². The SMILES string of the molecule is Cl.OCC(F)(F)[C@@H](c1cc(Br)cc(Br)c1)N1CCNCC1. The minimum Gasteiger partial charge on any atom is -0.390 e. The summed E-state index contributed by atoms with van der Waals surface area (Å²) in [5, 5.41) is 12.2. The Kier molecular flexibility index (Phi) is 7.49. The van der Waals surface area contributed by atoms with Crippen LogP contribution in [0.2, 0.25) is 0 Å². The number of nitrogens with zero attached hydrogens (tertiary/aromatic N) is 1. The van der Waals surface area contributed by atoms with E-state index in [4.69, 9.17) is 5.11 Å². The van der Waals surface area contributed by atoms with Crippen molar-refractivity contribution in [2.24, 2.45) is 0 Å². The van der Waals surface area contributed by atoms with Crippen LogP contribution in [0.15, 0.2) is 27.1 Å². The fourth-order valence-corrected chi connectivity index (χ4v) is 3.81. The molecule has 0 aliphatic carbocycles. The molecule has 1 aromatic carbocycles. The van der Waals surface area contributed by atoms with Crippen molar-refractivity contribution in [1.29, 1.82) is 0 Å². The van der Waals surface area contributed by atoms with Gasteiger partial charge in [-0.3, -0.25) is 4.90 Å². The number of aliphatic hydroxyl groups is 1. The third-order valence-electron chi connectivity index (χ3n) is 3.33. The summed E-state index contributed by atoms with van der Waals surface area (Å²) >= 11 is 6.65. The predicted octanol–water partition coefficient (Wildman–Crippen LogP) is 3.21. The van der Waals surface area contributed by atoms with Crippen LogP contribution >= 0.6 is 44.3 Å². The normalized spacial score (nSPS) is 18.1. The van der Waals surface area contributed by atoms with Gasteiger partial charge in [0, 0.05) is 35.1 Å². The fraction of sp³-hybridized carbons (Fsp3) is 0.538. The molecule has 8 heteroatoms. The quantitative estimate of drug-likeness (QED) is 0.740. The highest BCUT2D eigenvalue weighted by atomic mass is 79.9. The Labute approximate surface area is 145 Å². The van der Waals surface area contributed by atoms with Gasteiger partial charge < -0.3 is 10.4 Å². The maximum Gasteiger partial charge on any atom is 0.289 e. The number of aliphatic hydroxyl groups excluding tert-OH is 1. The third-order valence-corrected chi connectivity index (χ3v) is 4.24. The molecule has 1 aliphatic heterocycles. The second-order valence-electron chi connectivity index (χ2n) is 4.81. The van der Waals surface area contributed by atoms with Gasteiger partial charge in [-0.2, -0.15) is 0 Å². The molecule has 1 saturated heterocycles. The summed E-state index contributed by atoms with van der Waals surface area (Å²) in [6.45, 7) is 1.25. The first-order valence-corrected chi connectivity index (χ1v) is 7.92. The second-order valence-corrected chi connectivity index (χ2v) is 6.64. The summed E-state index contributed by atoms with van der Waals surface area (Å²) in [4.78, 5) is 1.72. The predicted molar refractivity (Wildman–Crippen MR) is 88.3 cm³/mol. The maximum absolute atomic E-state index is 14.2. The summed E-state index contributed by atoms with van der Waals surface area (Å²) in [6, 6.07) is 4.04. The summed E-state index contributed by atoms with van der Waals surface area (Å²) in [5.41, 5.74) is 0.493. The lowest BCUT2D eigenvalue weighted by Crippen LogP contribution is -2.51. The van der Waals surface area contributed by atoms with E-state index in [-0.39, 0.29) is 12.4 Å². The molecule has 0 spiro atoms. The highest BCUT2D eigenvalue weighted by Crippen LogP contribution is 2.38. The largest absolute Gasteiger partial charge is 0.390 e. The zero-order valence-electron chi connectivity index (χ0n) is 11.2. The standard InChI is InChI=1S/C13H16Br2F2N2O.ClH/c14-10-5-9(6-11(15)7-10)12(13(16,17)8-20)19-3-1-18-2-4-19;/h5-7,12,18,20H,1-4,8H2;1H/t12-;/m1./s1. The highest BCUT2D eigenvalue weighted by Gasteiger charge is 2.44. The van der Waals surface area contributed by atoms with Gasteiger partial charge in [-0.1, -0.05) is 31.9 Å². The first kappa shape index (κ1) is 19.3. The van der Waals surface area contributed by atoms with Gasteiger partial charge in [0.2, 0.25) is 0 Å². The van der Waals surface area contributed by atoms with Crippen molar-refractivity contribution < 1.29 is 13.9 Å². The van der Waals surface area contributed by atoms with E-state index >= 15 is 0 Å². The van der Waals surface area contributed by atoms with Crippen LogP contribution < -0.4 is 5.32 Å². The molecular formula is C13H17Br2ClF2N2O. The average molecular weight is 451 g/mol. The smallest absolute Gasteiger partial charge is 0.289 e. The van der Waals surface area contributed by atoms with Crippen molar-refractivity contribution in [1.82, 2.24) is 10.2 Å². The van der Waals surface area contributed by atoms with Crippen molar-refractivity contribution in [3.63, 3.8) is 0 Å². The topological polar surface area (TPSA) is 35.5 Å². The van der Waals surface area contributed by atoms with Crippen molar-refractivity contribution in [3.05, 3.63) is 32.7 Å². The average Bonchev–Trinajstić information content (AvgIpc) is 2.39. The number of hydrogen-bond donors (Lipinski definition) is 2. The van der Waals surface area contributed by atoms with Crippen molar-refractivity contribution in [2.75, 3.05) is 32.8 Å². The Morgan fingerprint density at radius 3 is 2.19 bits per heavy atom. The number of nitrogens with one attached hydrogen (secondary N) is 1. The molecular weight excluding hydrogens is 433 g/mol. The van der Waals surface area contributed by atoms with Gasteiger partial charge in [0.05, 0.1) is 0 Å². The Bertz CT molecular complexity index is 453. The lowest BCUT2D eigenvalue weighted by molar-refractivity contribution is -0.118. The summed E-state index contributed by atoms with van der Waals surface area (Å²) < 4.78 is 29.9. The first-order valence-electron chi connectivity index (χ1n) is 6.33. The molecule has 1 aliphatic rings. The molecule has 1 heterocycles. The molecule has 0 unspecified atom stereocenters. The van der Waals surface area contributed by atoms with Crippen molar-refractivity contribution in [2.45, 2.75) is 12.0 Å². The molecule has 0 amide bonds. The Balaban J connectivity index is 0.00000220. The lowest BCUT2D eigenvalue weighted by Gasteiger charge is -2.38. The van der Waals surface area contributed by atoms with Crippen LogP contribution in [-0.4, -0.2) is 48.7 Å². The van der Waals surface area contributed by atoms with Crippen LogP contribution in [0.5, 0.6) is 0 Å². The van der Waals surface area contributed by atoms with Crippen LogP contribution in [0.1, 0.15) is 11.6 Å². The van der Waals surface area contributed by atoms with Gasteiger partial charge in [-0.05, 0) is 23.8 Å². The van der Waals surface area contributed by atoms with Crippen LogP contribution in [0.25, 0.3) is 0 Å². The van der Waals surface area contributed by atoms with E-state index in [2.05, 4.69) is 37.2 Å². The molecule has 1 atom stereocenters. The van der Waals surface area contributed by atoms with E-state index in [0.717, 1.165) is 8.95 Å². The monoisotopic (exact) mass is 448 g/mol. The van der Waals surface area contributed by atoms with E-state index in [9.17, 15) is 8.78 Å². The van der Waals surface area contributed by atoms with E-state index in [0.29, 0.717) is 31.7 Å². The van der Waals surface area contributed by atoms with Crippen LogP contribution in [0.3, 0.4) is 0 Å². The van der Waals surface area contributed by atoms with Crippen LogP contribution in [-0.2, 0) is 0 Å². The zero-order valence-corrected chi connectivity index (χ0v) is 15.1. The third kappa shape index (κ3) is 4.84. The molecule has 3 nitrogen and oxygen atoms in total. The van der Waals surface area contributed by atoms with Gasteiger partial charge in [0.1, 0.15) is 12.6 Å². The van der Waals surface area contributed by atoms with Crippen molar-refractivity contribution >= 4 is 44.3 Å². The molecule has 0 aromatic heterocycles. The second kappa shape index (κ2) is 8.17. The van der Waals surface area contributed by atoms with Crippen LogP contribution in [0, 0.1) is 0 Å². The van der Waals surface area contributed by atoms with Gasteiger partial charge in [-0.15, -0.1) is 12.4 Å². The highest BCUT2D eigenvalue weighted by molar-refractivity contribution is 9.11. The molecule has 1 fully saturated rings. The number of hydrogen-bond acceptors (Lipinski definition) is 3. The number of piperazine rings is 1. The van der Waals surface area contributed by atoms with E-state index < -0.39 is 18.6 Å². The van der Waals surface area contributed by atoms with Gasteiger partial charge >= 0.3 is 0 Å². The molecule has 21 heavy (non-hydrogen) atoms. The summed E-state index contributed by atoms with van der Waals surface area (Å²) in [5.74, 6) is -3.18. The molecule has 120 valence electrons. The molecule has 2 rings (SSSR count). The number of benzene rings is 1. The molecule has 0 saturated carbocycles.